The van der Waals surface area contributed by atoms with Crippen LogP contribution in [0.25, 0.3) is 0 Å². The Morgan fingerprint density at radius 3 is 2.60 bits per heavy atom. The molecule has 0 unspecified atom stereocenters. The Labute approximate surface area is 152 Å². The summed E-state index contributed by atoms with van der Waals surface area (Å²) in [5, 5.41) is 8.62. The molecule has 0 aliphatic rings. The first-order chi connectivity index (χ1) is 11.9. The van der Waals surface area contributed by atoms with E-state index in [1.165, 1.54) is 12.1 Å². The van der Waals surface area contributed by atoms with Gasteiger partial charge in [-0.3, -0.25) is 20.4 Å². The molecule has 0 saturated heterocycles. The second-order valence-corrected chi connectivity index (χ2v) is 5.46. The fourth-order valence-electron chi connectivity index (χ4n) is 1.75. The number of benzene rings is 2. The Kier molecular flexibility index (Phi) is 6.17. The summed E-state index contributed by atoms with van der Waals surface area (Å²) in [4.78, 5) is 23.6. The van der Waals surface area contributed by atoms with Crippen molar-refractivity contribution in [1.82, 2.24) is 10.9 Å². The topological polar surface area (TPSA) is 91.2 Å². The summed E-state index contributed by atoms with van der Waals surface area (Å²) >= 11 is 11.3. The van der Waals surface area contributed by atoms with Crippen molar-refractivity contribution < 1.29 is 18.7 Å². The lowest BCUT2D eigenvalue weighted by molar-refractivity contribution is -0.123. The number of carbonyl (C=O) groups excluding carboxylic acids is 2. The molecule has 0 spiro atoms. The molecule has 0 aliphatic heterocycles. The maximum Gasteiger partial charge on any atom is 0.276 e. The Hall–Kier alpha value is -2.82. The fraction of sp³-hybridized carbons (Fsp3) is 0.0625. The monoisotopic (exact) mass is 381 g/mol. The molecule has 2 amide bonds. The number of hydrazine groups is 1. The van der Waals surface area contributed by atoms with E-state index in [0.717, 1.165) is 12.1 Å². The number of nitrogens with zero attached hydrogens (tertiary/aromatic N) is 1. The second-order valence-electron chi connectivity index (χ2n) is 4.65. The van der Waals surface area contributed by atoms with Crippen LogP contribution in [0.3, 0.4) is 0 Å². The molecule has 2 rings (SSSR count). The van der Waals surface area contributed by atoms with Gasteiger partial charge in [0.25, 0.3) is 11.8 Å². The van der Waals surface area contributed by atoms with Gasteiger partial charge >= 0.3 is 0 Å². The summed E-state index contributed by atoms with van der Waals surface area (Å²) in [6.07, 6.45) is 0. The second kappa shape index (κ2) is 8.33. The third-order valence-electron chi connectivity index (χ3n) is 2.94. The number of hydrogen-bond donors (Lipinski definition) is 2. The molecule has 128 valence electrons. The van der Waals surface area contributed by atoms with Crippen LogP contribution in [0.15, 0.2) is 36.4 Å². The van der Waals surface area contributed by atoms with Crippen molar-refractivity contribution in [3.8, 4) is 11.8 Å². The van der Waals surface area contributed by atoms with E-state index in [4.69, 9.17) is 33.2 Å². The smallest absolute Gasteiger partial charge is 0.276 e. The Morgan fingerprint density at radius 1 is 1.16 bits per heavy atom. The van der Waals surface area contributed by atoms with E-state index in [9.17, 15) is 14.0 Å². The summed E-state index contributed by atoms with van der Waals surface area (Å²) in [5.74, 6) is -2.11. The maximum atomic E-state index is 13.4. The van der Waals surface area contributed by atoms with Gasteiger partial charge < -0.3 is 4.74 Å². The van der Waals surface area contributed by atoms with E-state index in [1.54, 1.807) is 12.1 Å². The zero-order valence-corrected chi connectivity index (χ0v) is 14.0. The molecule has 0 heterocycles. The predicted molar refractivity (Wildman–Crippen MR) is 88.7 cm³/mol. The number of halogens is 3. The number of carbonyl (C=O) groups is 2. The lowest BCUT2D eigenvalue weighted by atomic mass is 10.2. The molecule has 9 heteroatoms. The molecule has 6 nitrogen and oxygen atoms in total. The summed E-state index contributed by atoms with van der Waals surface area (Å²) in [5.41, 5.74) is 4.23. The number of ether oxygens (including phenoxy) is 1. The Morgan fingerprint density at radius 2 is 1.88 bits per heavy atom. The van der Waals surface area contributed by atoms with Crippen molar-refractivity contribution in [2.75, 3.05) is 6.61 Å². The van der Waals surface area contributed by atoms with E-state index >= 15 is 0 Å². The molecule has 0 fully saturated rings. The lowest BCUT2D eigenvalue weighted by Crippen LogP contribution is -2.44. The van der Waals surface area contributed by atoms with Crippen molar-refractivity contribution >= 4 is 35.0 Å². The van der Waals surface area contributed by atoms with Crippen LogP contribution in [0, 0.1) is 17.1 Å². The van der Waals surface area contributed by atoms with Crippen molar-refractivity contribution in [2.24, 2.45) is 0 Å². The van der Waals surface area contributed by atoms with Gasteiger partial charge in [-0.2, -0.15) is 5.26 Å². The van der Waals surface area contributed by atoms with Gasteiger partial charge in [0.05, 0.1) is 21.2 Å². The first-order valence-corrected chi connectivity index (χ1v) is 7.53. The number of nitrogens with one attached hydrogen (secondary N) is 2. The zero-order chi connectivity index (χ0) is 18.4. The molecule has 0 aromatic heterocycles. The summed E-state index contributed by atoms with van der Waals surface area (Å²) in [7, 11) is 0. The number of rotatable bonds is 4. The first kappa shape index (κ1) is 18.5. The van der Waals surface area contributed by atoms with Crippen molar-refractivity contribution in [2.45, 2.75) is 0 Å². The molecule has 2 aromatic rings. The zero-order valence-electron chi connectivity index (χ0n) is 12.5. The number of amides is 2. The SMILES string of the molecule is N#Cc1ccccc1OCC(=O)NNC(=O)c1cc(F)c(Cl)cc1Cl. The number of nitriles is 1. The third kappa shape index (κ3) is 4.83. The summed E-state index contributed by atoms with van der Waals surface area (Å²) < 4.78 is 18.6. The molecule has 0 atom stereocenters. The minimum absolute atomic E-state index is 0.0719. The quantitative estimate of drug-likeness (QED) is 0.629. The van der Waals surface area contributed by atoms with E-state index < -0.39 is 24.2 Å². The van der Waals surface area contributed by atoms with Crippen LogP contribution in [0.5, 0.6) is 5.75 Å². The minimum Gasteiger partial charge on any atom is -0.482 e. The highest BCUT2D eigenvalue weighted by Gasteiger charge is 2.15. The van der Waals surface area contributed by atoms with Crippen LogP contribution in [0.4, 0.5) is 4.39 Å². The van der Waals surface area contributed by atoms with Crippen LogP contribution in [0.2, 0.25) is 10.0 Å². The summed E-state index contributed by atoms with van der Waals surface area (Å²) in [6, 6.07) is 10.2. The van der Waals surface area contributed by atoms with Crippen LogP contribution in [-0.2, 0) is 4.79 Å². The van der Waals surface area contributed by atoms with Gasteiger partial charge in [0.15, 0.2) is 6.61 Å². The van der Waals surface area contributed by atoms with Crippen LogP contribution < -0.4 is 15.6 Å². The van der Waals surface area contributed by atoms with Gasteiger partial charge in [0.2, 0.25) is 0 Å². The lowest BCUT2D eigenvalue weighted by Gasteiger charge is -2.10. The van der Waals surface area contributed by atoms with Crippen molar-refractivity contribution in [1.29, 1.82) is 5.26 Å². The molecule has 0 bridgehead atoms. The van der Waals surface area contributed by atoms with Gasteiger partial charge in [-0.05, 0) is 24.3 Å². The first-order valence-electron chi connectivity index (χ1n) is 6.78. The highest BCUT2D eigenvalue weighted by Crippen LogP contribution is 2.24. The van der Waals surface area contributed by atoms with Crippen molar-refractivity contribution in [3.63, 3.8) is 0 Å². The molecule has 2 N–H and O–H groups in total. The Balaban J connectivity index is 1.91. The van der Waals surface area contributed by atoms with E-state index in [-0.39, 0.29) is 26.9 Å². The summed E-state index contributed by atoms with van der Waals surface area (Å²) in [6.45, 7) is -0.443. The molecule has 0 radical (unpaired) electrons. The van der Waals surface area contributed by atoms with Gasteiger partial charge in [0, 0.05) is 0 Å². The predicted octanol–water partition coefficient (Wildman–Crippen LogP) is 2.84. The molecule has 0 saturated carbocycles. The van der Waals surface area contributed by atoms with Crippen molar-refractivity contribution in [3.05, 3.63) is 63.4 Å². The fourth-order valence-corrected chi connectivity index (χ4v) is 2.22. The van der Waals surface area contributed by atoms with E-state index in [0.29, 0.717) is 0 Å². The highest BCUT2D eigenvalue weighted by atomic mass is 35.5. The van der Waals surface area contributed by atoms with Crippen LogP contribution in [-0.4, -0.2) is 18.4 Å². The average Bonchev–Trinajstić information content (AvgIpc) is 2.61. The molecule has 2 aromatic carbocycles. The van der Waals surface area contributed by atoms with Gasteiger partial charge in [-0.15, -0.1) is 0 Å². The largest absolute Gasteiger partial charge is 0.482 e. The minimum atomic E-state index is -0.827. The van der Waals surface area contributed by atoms with Gasteiger partial charge in [-0.25, -0.2) is 4.39 Å². The van der Waals surface area contributed by atoms with E-state index in [2.05, 4.69) is 10.9 Å². The third-order valence-corrected chi connectivity index (χ3v) is 3.54. The molecule has 0 aliphatic carbocycles. The maximum absolute atomic E-state index is 13.4. The van der Waals surface area contributed by atoms with Crippen LogP contribution in [0.1, 0.15) is 15.9 Å². The normalized spacial score (nSPS) is 9.84. The molecular weight excluding hydrogens is 372 g/mol. The molecule has 25 heavy (non-hydrogen) atoms. The standard InChI is InChI=1S/C16H10Cl2FN3O3/c17-11-6-12(18)13(19)5-10(11)16(24)22-21-15(23)8-25-14-4-2-1-3-9(14)7-20/h1-6H,8H2,(H,21,23)(H,22,24). The van der Waals surface area contributed by atoms with Gasteiger partial charge in [-0.1, -0.05) is 35.3 Å². The van der Waals surface area contributed by atoms with Crippen LogP contribution >= 0.6 is 23.2 Å². The van der Waals surface area contributed by atoms with E-state index in [1.807, 2.05) is 6.07 Å². The molecular formula is C16H10Cl2FN3O3. The number of para-hydroxylation sites is 1. The Bertz CT molecular complexity index is 868. The number of hydrogen-bond acceptors (Lipinski definition) is 4. The average molecular weight is 382 g/mol. The highest BCUT2D eigenvalue weighted by molar-refractivity contribution is 6.36. The van der Waals surface area contributed by atoms with Gasteiger partial charge in [0.1, 0.15) is 17.6 Å².